The van der Waals surface area contributed by atoms with Crippen LogP contribution in [0.3, 0.4) is 0 Å². The monoisotopic (exact) mass is 418 g/mol. The Balaban J connectivity index is 1.94. The number of nitrogens with zero attached hydrogens (tertiary/aromatic N) is 1. The van der Waals surface area contributed by atoms with Gasteiger partial charge in [0.15, 0.2) is 0 Å². The van der Waals surface area contributed by atoms with Crippen molar-refractivity contribution in [1.29, 1.82) is 5.26 Å². The van der Waals surface area contributed by atoms with Gasteiger partial charge in [-0.25, -0.2) is 4.39 Å². The average molecular weight is 419 g/mol. The highest BCUT2D eigenvalue weighted by Gasteiger charge is 2.13. The number of amides is 1. The largest absolute Gasteiger partial charge is 0.319 e. The summed E-state index contributed by atoms with van der Waals surface area (Å²) in [6.45, 7) is 4.08. The molecule has 0 aliphatic carbocycles. The van der Waals surface area contributed by atoms with E-state index in [1.54, 1.807) is 18.2 Å². The summed E-state index contributed by atoms with van der Waals surface area (Å²) in [5, 5.41) is 12.5. The van der Waals surface area contributed by atoms with Crippen LogP contribution >= 0.6 is 11.6 Å². The van der Waals surface area contributed by atoms with Crippen molar-refractivity contribution in [3.63, 3.8) is 0 Å². The van der Waals surface area contributed by atoms with Crippen LogP contribution in [0, 0.1) is 31.0 Å². The lowest BCUT2D eigenvalue weighted by Gasteiger charge is -2.10. The number of hydrogen-bond donors (Lipinski definition) is 1. The number of benzene rings is 3. The van der Waals surface area contributed by atoms with Crippen LogP contribution in [0.2, 0.25) is 5.02 Å². The van der Waals surface area contributed by atoms with Gasteiger partial charge in [0.25, 0.3) is 5.91 Å². The molecule has 3 rings (SSSR count). The summed E-state index contributed by atoms with van der Waals surface area (Å²) in [6.07, 6.45) is 2.11. The number of halogens is 2. The molecule has 3 nitrogen and oxygen atoms in total. The van der Waals surface area contributed by atoms with Gasteiger partial charge in [-0.1, -0.05) is 59.1 Å². The Morgan fingerprint density at radius 2 is 1.80 bits per heavy atom. The van der Waals surface area contributed by atoms with Gasteiger partial charge in [0.1, 0.15) is 17.5 Å². The van der Waals surface area contributed by atoms with Gasteiger partial charge < -0.3 is 5.32 Å². The second kappa shape index (κ2) is 9.39. The van der Waals surface area contributed by atoms with Gasteiger partial charge in [-0.05, 0) is 67.3 Å². The van der Waals surface area contributed by atoms with Crippen molar-refractivity contribution >= 4 is 29.3 Å². The second-order valence-electron chi connectivity index (χ2n) is 7.12. The highest BCUT2D eigenvalue weighted by Crippen LogP contribution is 2.23. The second-order valence-corrected chi connectivity index (χ2v) is 7.56. The maximum absolute atomic E-state index is 13.8. The first-order chi connectivity index (χ1) is 14.4. The summed E-state index contributed by atoms with van der Waals surface area (Å²) >= 11 is 6.16. The lowest BCUT2D eigenvalue weighted by Crippen LogP contribution is -2.14. The van der Waals surface area contributed by atoms with Crippen LogP contribution in [0.5, 0.6) is 0 Å². The van der Waals surface area contributed by atoms with E-state index in [4.69, 9.17) is 11.6 Å². The number of hydrogen-bond acceptors (Lipinski definition) is 2. The Kier molecular flexibility index (Phi) is 6.66. The first-order valence-corrected chi connectivity index (χ1v) is 9.77. The summed E-state index contributed by atoms with van der Waals surface area (Å²) in [6, 6.07) is 19.4. The lowest BCUT2D eigenvalue weighted by atomic mass is 9.96. The van der Waals surface area contributed by atoms with Crippen molar-refractivity contribution in [3.8, 4) is 6.07 Å². The van der Waals surface area contributed by atoms with Crippen LogP contribution in [0.1, 0.15) is 27.8 Å². The van der Waals surface area contributed by atoms with Crippen molar-refractivity contribution in [2.24, 2.45) is 0 Å². The zero-order chi connectivity index (χ0) is 21.7. The van der Waals surface area contributed by atoms with E-state index in [2.05, 4.69) is 23.5 Å². The Hall–Kier alpha value is -3.42. The third-order valence-corrected chi connectivity index (χ3v) is 4.81. The predicted octanol–water partition coefficient (Wildman–Crippen LogP) is 6.23. The van der Waals surface area contributed by atoms with Gasteiger partial charge in [0, 0.05) is 5.02 Å². The summed E-state index contributed by atoms with van der Waals surface area (Å²) in [7, 11) is 0. The van der Waals surface area contributed by atoms with Crippen molar-refractivity contribution in [3.05, 3.63) is 105 Å². The molecular formula is C25H20ClFN2O. The van der Waals surface area contributed by atoms with Crippen LogP contribution in [0.25, 0.3) is 6.08 Å². The van der Waals surface area contributed by atoms with E-state index in [1.165, 1.54) is 24.3 Å². The van der Waals surface area contributed by atoms with E-state index >= 15 is 0 Å². The molecule has 0 radical (unpaired) electrons. The molecule has 0 spiro atoms. The van der Waals surface area contributed by atoms with Gasteiger partial charge in [-0.3, -0.25) is 4.79 Å². The molecule has 0 aromatic heterocycles. The minimum absolute atomic E-state index is 0.0187. The van der Waals surface area contributed by atoms with Crippen molar-refractivity contribution in [1.82, 2.24) is 0 Å². The minimum Gasteiger partial charge on any atom is -0.319 e. The van der Waals surface area contributed by atoms with Crippen LogP contribution in [0.4, 0.5) is 10.1 Å². The maximum atomic E-state index is 13.8. The Morgan fingerprint density at radius 1 is 1.10 bits per heavy atom. The maximum Gasteiger partial charge on any atom is 0.266 e. The third-order valence-electron chi connectivity index (χ3n) is 4.57. The van der Waals surface area contributed by atoms with Crippen LogP contribution in [-0.4, -0.2) is 5.91 Å². The summed E-state index contributed by atoms with van der Waals surface area (Å²) in [5.41, 5.74) is 4.93. The summed E-state index contributed by atoms with van der Waals surface area (Å²) in [5.74, 6) is -1.25. The van der Waals surface area contributed by atoms with Gasteiger partial charge >= 0.3 is 0 Å². The SMILES string of the molecule is Cc1cc(C)cc(Cc2ccc(Cl)cc2/C=C(\C#N)C(=O)Nc2ccccc2F)c1. The predicted molar refractivity (Wildman–Crippen MR) is 119 cm³/mol. The molecule has 3 aromatic carbocycles. The Morgan fingerprint density at radius 3 is 2.47 bits per heavy atom. The van der Waals surface area contributed by atoms with Gasteiger partial charge in [0.05, 0.1) is 5.69 Å². The Labute approximate surface area is 180 Å². The van der Waals surface area contributed by atoms with Gasteiger partial charge in [0.2, 0.25) is 0 Å². The molecule has 0 aliphatic rings. The highest BCUT2D eigenvalue weighted by atomic mass is 35.5. The smallest absolute Gasteiger partial charge is 0.266 e. The van der Waals surface area contributed by atoms with Crippen molar-refractivity contribution in [2.75, 3.05) is 5.32 Å². The summed E-state index contributed by atoms with van der Waals surface area (Å²) < 4.78 is 13.8. The van der Waals surface area contributed by atoms with Crippen molar-refractivity contribution < 1.29 is 9.18 Å². The fourth-order valence-corrected chi connectivity index (χ4v) is 3.49. The molecule has 0 saturated carbocycles. The third kappa shape index (κ3) is 5.34. The Bertz CT molecular complexity index is 1160. The number of carbonyl (C=O) groups excluding carboxylic acids is 1. The molecule has 30 heavy (non-hydrogen) atoms. The quantitative estimate of drug-likeness (QED) is 0.394. The van der Waals surface area contributed by atoms with E-state index < -0.39 is 11.7 Å². The zero-order valence-electron chi connectivity index (χ0n) is 16.7. The summed E-state index contributed by atoms with van der Waals surface area (Å²) in [4.78, 5) is 12.5. The fourth-order valence-electron chi connectivity index (χ4n) is 3.31. The number of nitrogens with one attached hydrogen (secondary N) is 1. The molecule has 0 unspecified atom stereocenters. The van der Waals surface area contributed by atoms with Gasteiger partial charge in [-0.2, -0.15) is 5.26 Å². The van der Waals surface area contributed by atoms with E-state index in [9.17, 15) is 14.4 Å². The number of rotatable bonds is 5. The van der Waals surface area contributed by atoms with Crippen LogP contribution < -0.4 is 5.32 Å². The first-order valence-electron chi connectivity index (χ1n) is 9.39. The fraction of sp³-hybridized carbons (Fsp3) is 0.120. The molecule has 0 aliphatic heterocycles. The minimum atomic E-state index is -0.681. The van der Waals surface area contributed by atoms with E-state index in [-0.39, 0.29) is 11.3 Å². The molecule has 1 amide bonds. The van der Waals surface area contributed by atoms with Crippen LogP contribution in [0.15, 0.2) is 66.2 Å². The molecule has 0 saturated heterocycles. The van der Waals surface area contributed by atoms with Crippen LogP contribution in [-0.2, 0) is 11.2 Å². The van der Waals surface area contributed by atoms with Gasteiger partial charge in [-0.15, -0.1) is 0 Å². The normalized spacial score (nSPS) is 11.1. The lowest BCUT2D eigenvalue weighted by molar-refractivity contribution is -0.112. The molecule has 3 aromatic rings. The molecule has 0 atom stereocenters. The number of nitriles is 1. The molecular weight excluding hydrogens is 399 g/mol. The number of carbonyl (C=O) groups is 1. The van der Waals surface area contributed by atoms with Crippen molar-refractivity contribution in [2.45, 2.75) is 20.3 Å². The standard InChI is InChI=1S/C25H20ClFN2O/c1-16-9-17(2)11-18(10-16)12-19-7-8-22(26)14-20(19)13-21(15-28)25(30)29-24-6-4-3-5-23(24)27/h3-11,13-14H,12H2,1-2H3,(H,29,30)/b21-13+. The number of para-hydroxylation sites is 1. The number of aryl methyl sites for hydroxylation is 2. The number of anilines is 1. The average Bonchev–Trinajstić information content (AvgIpc) is 2.69. The topological polar surface area (TPSA) is 52.9 Å². The van der Waals surface area contributed by atoms with E-state index in [0.717, 1.165) is 22.3 Å². The molecule has 0 heterocycles. The molecule has 0 fully saturated rings. The van der Waals surface area contributed by atoms with E-state index in [0.29, 0.717) is 17.0 Å². The molecule has 5 heteroatoms. The zero-order valence-corrected chi connectivity index (χ0v) is 17.4. The molecule has 0 bridgehead atoms. The van der Waals surface area contributed by atoms with E-state index in [1.807, 2.05) is 26.0 Å². The molecule has 150 valence electrons. The molecule has 1 N–H and O–H groups in total. The highest BCUT2D eigenvalue weighted by molar-refractivity contribution is 6.30. The first kappa shape index (κ1) is 21.3.